The van der Waals surface area contributed by atoms with Crippen molar-refractivity contribution in [3.05, 3.63) is 27.7 Å². The van der Waals surface area contributed by atoms with E-state index in [9.17, 15) is 13.2 Å². The number of nitrogens with one attached hydrogen (secondary N) is 1. The van der Waals surface area contributed by atoms with Gasteiger partial charge in [0.2, 0.25) is 0 Å². The lowest BCUT2D eigenvalue weighted by Gasteiger charge is -2.53. The standard InChI is InChI=1S/C13H13BrN2S.C2HF3O2/c14-9-1-2-11-10(3-9)16-12(17-11)8-4-13(5-8)6-15-7-13;3-2(4,5)1(6)7/h1-3,8,15H,4-7H2;(H,6,7). The maximum Gasteiger partial charge on any atom is 0.490 e. The molecule has 1 aliphatic carbocycles. The average Bonchev–Trinajstić information content (AvgIpc) is 2.77. The molecule has 4 nitrogen and oxygen atoms in total. The highest BCUT2D eigenvalue weighted by Crippen LogP contribution is 2.54. The van der Waals surface area contributed by atoms with Crippen LogP contribution in [0.3, 0.4) is 0 Å². The predicted molar refractivity (Wildman–Crippen MR) is 88.3 cm³/mol. The van der Waals surface area contributed by atoms with Crippen molar-refractivity contribution in [1.82, 2.24) is 10.3 Å². The quantitative estimate of drug-likeness (QED) is 0.724. The summed E-state index contributed by atoms with van der Waals surface area (Å²) in [6, 6.07) is 6.39. The molecule has 2 heterocycles. The lowest BCUT2D eigenvalue weighted by molar-refractivity contribution is -0.192. The topological polar surface area (TPSA) is 62.2 Å². The largest absolute Gasteiger partial charge is 0.490 e. The number of fused-ring (bicyclic) bond motifs is 1. The minimum atomic E-state index is -5.08. The zero-order chi connectivity index (χ0) is 17.5. The first-order valence-electron chi connectivity index (χ1n) is 7.25. The fraction of sp³-hybridized carbons (Fsp3) is 0.467. The lowest BCUT2D eigenvalue weighted by Crippen LogP contribution is -2.59. The Bertz CT molecular complexity index is 766. The number of aliphatic carboxylic acids is 1. The Morgan fingerprint density at radius 2 is 2.00 bits per heavy atom. The summed E-state index contributed by atoms with van der Waals surface area (Å²) >= 11 is 5.38. The predicted octanol–water partition coefficient (Wildman–Crippen LogP) is 4.16. The van der Waals surface area contributed by atoms with E-state index < -0.39 is 12.1 Å². The summed E-state index contributed by atoms with van der Waals surface area (Å²) in [6.45, 7) is 2.44. The number of halogens is 4. The maximum absolute atomic E-state index is 10.6. The molecule has 0 unspecified atom stereocenters. The molecule has 4 rings (SSSR count). The monoisotopic (exact) mass is 422 g/mol. The number of alkyl halides is 3. The minimum absolute atomic E-state index is 0.642. The van der Waals surface area contributed by atoms with Gasteiger partial charge in [-0.2, -0.15) is 13.2 Å². The van der Waals surface area contributed by atoms with Gasteiger partial charge in [-0.3, -0.25) is 0 Å². The second-order valence-electron chi connectivity index (χ2n) is 6.18. The summed E-state index contributed by atoms with van der Waals surface area (Å²) in [6.07, 6.45) is -2.41. The van der Waals surface area contributed by atoms with Crippen molar-refractivity contribution in [1.29, 1.82) is 0 Å². The molecule has 9 heteroatoms. The molecule has 0 amide bonds. The molecule has 1 spiro atoms. The molecule has 2 fully saturated rings. The number of thiazole rings is 1. The molecule has 0 atom stereocenters. The molecule has 2 aliphatic rings. The first-order valence-corrected chi connectivity index (χ1v) is 8.86. The highest BCUT2D eigenvalue weighted by molar-refractivity contribution is 9.10. The van der Waals surface area contributed by atoms with Gasteiger partial charge in [0.15, 0.2) is 0 Å². The van der Waals surface area contributed by atoms with E-state index in [2.05, 4.69) is 39.4 Å². The highest BCUT2D eigenvalue weighted by atomic mass is 79.9. The molecule has 24 heavy (non-hydrogen) atoms. The number of aromatic nitrogens is 1. The average molecular weight is 423 g/mol. The van der Waals surface area contributed by atoms with Crippen LogP contribution in [-0.4, -0.2) is 35.3 Å². The highest BCUT2D eigenvalue weighted by Gasteiger charge is 2.49. The summed E-state index contributed by atoms with van der Waals surface area (Å²) in [5.74, 6) is -2.04. The van der Waals surface area contributed by atoms with Crippen molar-refractivity contribution in [2.75, 3.05) is 13.1 Å². The van der Waals surface area contributed by atoms with Crippen LogP contribution in [0.2, 0.25) is 0 Å². The third-order valence-corrected chi connectivity index (χ3v) is 6.01. The molecule has 0 radical (unpaired) electrons. The van der Waals surface area contributed by atoms with Crippen LogP contribution in [0.25, 0.3) is 10.2 Å². The minimum Gasteiger partial charge on any atom is -0.475 e. The van der Waals surface area contributed by atoms with Crippen LogP contribution in [0.4, 0.5) is 13.2 Å². The van der Waals surface area contributed by atoms with Crippen LogP contribution in [0.15, 0.2) is 22.7 Å². The van der Waals surface area contributed by atoms with E-state index in [0.717, 1.165) is 9.99 Å². The Morgan fingerprint density at radius 3 is 2.50 bits per heavy atom. The van der Waals surface area contributed by atoms with Gasteiger partial charge >= 0.3 is 12.1 Å². The zero-order valence-corrected chi connectivity index (χ0v) is 14.8. The molecule has 2 N–H and O–H groups in total. The number of carboxylic acid groups (broad SMARTS) is 1. The van der Waals surface area contributed by atoms with Gasteiger partial charge in [-0.25, -0.2) is 9.78 Å². The molecule has 2 aromatic rings. The number of carbonyl (C=O) groups is 1. The number of hydrogen-bond acceptors (Lipinski definition) is 4. The Hall–Kier alpha value is -1.19. The van der Waals surface area contributed by atoms with Crippen molar-refractivity contribution in [3.63, 3.8) is 0 Å². The van der Waals surface area contributed by atoms with Crippen molar-refractivity contribution < 1.29 is 23.1 Å². The molecule has 1 aromatic heterocycles. The summed E-state index contributed by atoms with van der Waals surface area (Å²) in [4.78, 5) is 13.7. The Morgan fingerprint density at radius 1 is 1.38 bits per heavy atom. The lowest BCUT2D eigenvalue weighted by atomic mass is 9.59. The van der Waals surface area contributed by atoms with E-state index in [1.165, 1.54) is 35.6 Å². The van der Waals surface area contributed by atoms with Gasteiger partial charge in [-0.1, -0.05) is 15.9 Å². The van der Waals surface area contributed by atoms with Gasteiger partial charge in [0.05, 0.1) is 15.2 Å². The molecule has 1 aromatic carbocycles. The van der Waals surface area contributed by atoms with Gasteiger partial charge in [0.1, 0.15) is 0 Å². The summed E-state index contributed by atoms with van der Waals surface area (Å²) in [7, 11) is 0. The van der Waals surface area contributed by atoms with Crippen LogP contribution in [0, 0.1) is 5.41 Å². The summed E-state index contributed by atoms with van der Waals surface area (Å²) < 4.78 is 34.2. The normalized spacial score (nSPS) is 19.3. The van der Waals surface area contributed by atoms with Gasteiger partial charge in [-0.05, 0) is 36.5 Å². The fourth-order valence-electron chi connectivity index (χ4n) is 3.02. The third kappa shape index (κ3) is 3.57. The number of rotatable bonds is 1. The Labute approximate surface area is 148 Å². The number of benzene rings is 1. The third-order valence-electron chi connectivity index (χ3n) is 4.32. The molecule has 1 saturated carbocycles. The summed E-state index contributed by atoms with van der Waals surface area (Å²) in [5, 5.41) is 11.9. The van der Waals surface area contributed by atoms with E-state index in [1.807, 2.05) is 11.3 Å². The van der Waals surface area contributed by atoms with E-state index >= 15 is 0 Å². The first-order chi connectivity index (χ1) is 11.2. The second kappa shape index (κ2) is 6.27. The molecular formula is C15H14BrF3N2O2S. The van der Waals surface area contributed by atoms with Crippen molar-refractivity contribution >= 4 is 43.5 Å². The first kappa shape index (κ1) is 17.6. The smallest absolute Gasteiger partial charge is 0.475 e. The molecule has 1 saturated heterocycles. The van der Waals surface area contributed by atoms with Crippen LogP contribution in [0.1, 0.15) is 23.8 Å². The molecule has 1 aliphatic heterocycles. The van der Waals surface area contributed by atoms with Crippen LogP contribution in [0.5, 0.6) is 0 Å². The number of nitrogens with zero attached hydrogens (tertiary/aromatic N) is 1. The van der Waals surface area contributed by atoms with Crippen LogP contribution in [-0.2, 0) is 4.79 Å². The van der Waals surface area contributed by atoms with Gasteiger partial charge < -0.3 is 10.4 Å². The Balaban J connectivity index is 0.000000209. The SMILES string of the molecule is Brc1ccc2sc(C3CC4(CNC4)C3)nc2c1.O=C(O)C(F)(F)F. The zero-order valence-electron chi connectivity index (χ0n) is 12.4. The van der Waals surface area contributed by atoms with Crippen molar-refractivity contribution in [2.24, 2.45) is 5.41 Å². The summed E-state index contributed by atoms with van der Waals surface area (Å²) in [5.41, 5.74) is 1.79. The van der Waals surface area contributed by atoms with Gasteiger partial charge in [0, 0.05) is 23.5 Å². The van der Waals surface area contributed by atoms with E-state index in [-0.39, 0.29) is 0 Å². The van der Waals surface area contributed by atoms with Crippen LogP contribution >= 0.6 is 27.3 Å². The van der Waals surface area contributed by atoms with E-state index in [1.54, 1.807) is 0 Å². The maximum atomic E-state index is 10.6. The molecule has 0 bridgehead atoms. The van der Waals surface area contributed by atoms with Crippen molar-refractivity contribution in [3.8, 4) is 0 Å². The molecule has 130 valence electrons. The van der Waals surface area contributed by atoms with E-state index in [0.29, 0.717) is 11.3 Å². The number of hydrogen-bond donors (Lipinski definition) is 2. The van der Waals surface area contributed by atoms with Gasteiger partial charge in [-0.15, -0.1) is 11.3 Å². The number of carboxylic acids is 1. The second-order valence-corrected chi connectivity index (χ2v) is 8.15. The Kier molecular flexibility index (Phi) is 4.61. The molecular weight excluding hydrogens is 409 g/mol. The van der Waals surface area contributed by atoms with E-state index in [4.69, 9.17) is 14.9 Å². The van der Waals surface area contributed by atoms with Crippen molar-refractivity contribution in [2.45, 2.75) is 24.9 Å². The van der Waals surface area contributed by atoms with Crippen LogP contribution < -0.4 is 5.32 Å². The fourth-order valence-corrected chi connectivity index (χ4v) is 4.42. The van der Waals surface area contributed by atoms with Gasteiger partial charge in [0.25, 0.3) is 0 Å².